The molecule has 0 aromatic carbocycles. The molecule has 0 radical (unpaired) electrons. The highest BCUT2D eigenvalue weighted by atomic mass is 35.5. The minimum atomic E-state index is -3.43. The van der Waals surface area contributed by atoms with Gasteiger partial charge in [0, 0.05) is 36.2 Å². The van der Waals surface area contributed by atoms with E-state index in [1.807, 2.05) is 12.1 Å². The molecule has 20 heavy (non-hydrogen) atoms. The van der Waals surface area contributed by atoms with E-state index in [1.54, 1.807) is 30.9 Å². The Morgan fingerprint density at radius 3 is 2.65 bits per heavy atom. The normalized spacial score (nSPS) is 11.9. The molecular weight excluding hydrogens is 316 g/mol. The first-order valence-electron chi connectivity index (χ1n) is 6.02. The molecule has 0 unspecified atom stereocenters. The Kier molecular flexibility index (Phi) is 5.15. The Hall–Kier alpha value is -0.950. The molecule has 7 heteroatoms. The summed E-state index contributed by atoms with van der Waals surface area (Å²) >= 11 is 7.07. The summed E-state index contributed by atoms with van der Waals surface area (Å²) < 4.78 is 26.1. The van der Waals surface area contributed by atoms with Gasteiger partial charge in [-0.25, -0.2) is 12.7 Å². The van der Waals surface area contributed by atoms with E-state index in [9.17, 15) is 8.42 Å². The number of hydrogen-bond acceptors (Lipinski definition) is 4. The highest BCUT2D eigenvalue weighted by Crippen LogP contribution is 2.23. The van der Waals surface area contributed by atoms with E-state index in [0.717, 1.165) is 10.4 Å². The maximum absolute atomic E-state index is 12.4. The number of halogens is 1. The predicted molar refractivity (Wildman–Crippen MR) is 81.6 cm³/mol. The van der Waals surface area contributed by atoms with Crippen LogP contribution in [0.25, 0.3) is 0 Å². The Balaban J connectivity index is 2.05. The van der Waals surface area contributed by atoms with Crippen LogP contribution in [0.3, 0.4) is 0 Å². The van der Waals surface area contributed by atoms with Gasteiger partial charge in [0.2, 0.25) is 10.0 Å². The largest absolute Gasteiger partial charge is 0.265 e. The van der Waals surface area contributed by atoms with E-state index in [0.29, 0.717) is 23.7 Å². The van der Waals surface area contributed by atoms with Gasteiger partial charge in [0.15, 0.2) is 0 Å². The van der Waals surface area contributed by atoms with Crippen LogP contribution in [0.15, 0.2) is 40.9 Å². The molecule has 2 aromatic rings. The van der Waals surface area contributed by atoms with Crippen LogP contribution >= 0.6 is 22.9 Å². The highest BCUT2D eigenvalue weighted by molar-refractivity contribution is 7.89. The van der Waals surface area contributed by atoms with Crippen molar-refractivity contribution in [3.63, 3.8) is 0 Å². The van der Waals surface area contributed by atoms with Crippen molar-refractivity contribution in [3.8, 4) is 0 Å². The maximum atomic E-state index is 12.4. The zero-order valence-electron chi connectivity index (χ0n) is 11.0. The van der Waals surface area contributed by atoms with Crippen molar-refractivity contribution in [1.82, 2.24) is 9.29 Å². The third-order valence-corrected chi connectivity index (χ3v) is 6.30. The Labute approximate surface area is 128 Å². The lowest BCUT2D eigenvalue weighted by atomic mass is 10.2. The van der Waals surface area contributed by atoms with Crippen molar-refractivity contribution in [2.75, 3.05) is 13.6 Å². The lowest BCUT2D eigenvalue weighted by Crippen LogP contribution is -2.28. The van der Waals surface area contributed by atoms with Crippen LogP contribution in [0.4, 0.5) is 0 Å². The van der Waals surface area contributed by atoms with Gasteiger partial charge in [-0.05, 0) is 30.2 Å². The zero-order valence-corrected chi connectivity index (χ0v) is 13.4. The summed E-state index contributed by atoms with van der Waals surface area (Å²) in [4.78, 5) is 5.11. The maximum Gasteiger partial charge on any atom is 0.243 e. The minimum Gasteiger partial charge on any atom is -0.265 e. The highest BCUT2D eigenvalue weighted by Gasteiger charge is 2.21. The number of aromatic nitrogens is 1. The summed E-state index contributed by atoms with van der Waals surface area (Å²) in [5, 5.41) is 1.63. The summed E-state index contributed by atoms with van der Waals surface area (Å²) in [5.74, 6) is 0.334. The average Bonchev–Trinajstić information content (AvgIpc) is 2.95. The number of sulfonamides is 1. The van der Waals surface area contributed by atoms with Crippen LogP contribution in [0.1, 0.15) is 10.4 Å². The second-order valence-corrected chi connectivity index (χ2v) is 7.62. The number of likely N-dealkylation sites (N-methyl/N-ethyl adjacent to an activating group) is 1. The fourth-order valence-electron chi connectivity index (χ4n) is 1.70. The van der Waals surface area contributed by atoms with Crippen LogP contribution in [0.2, 0.25) is 0 Å². The molecule has 0 spiro atoms. The molecule has 0 N–H and O–H groups in total. The number of nitrogens with zero attached hydrogens (tertiary/aromatic N) is 2. The quantitative estimate of drug-likeness (QED) is 0.765. The van der Waals surface area contributed by atoms with Crippen molar-refractivity contribution < 1.29 is 8.42 Å². The third kappa shape index (κ3) is 3.58. The Morgan fingerprint density at radius 2 is 2.05 bits per heavy atom. The molecule has 0 fully saturated rings. The first-order chi connectivity index (χ1) is 9.54. The smallest absolute Gasteiger partial charge is 0.243 e. The van der Waals surface area contributed by atoms with Gasteiger partial charge < -0.3 is 0 Å². The van der Waals surface area contributed by atoms with Crippen molar-refractivity contribution in [2.45, 2.75) is 17.2 Å². The molecule has 0 saturated carbocycles. The number of thiophene rings is 1. The monoisotopic (exact) mass is 330 g/mol. The van der Waals surface area contributed by atoms with Crippen LogP contribution in [-0.4, -0.2) is 31.3 Å². The van der Waals surface area contributed by atoms with Crippen LogP contribution in [0.5, 0.6) is 0 Å². The summed E-state index contributed by atoms with van der Waals surface area (Å²) in [7, 11) is -1.84. The van der Waals surface area contributed by atoms with E-state index in [2.05, 4.69) is 4.98 Å². The number of hydrogen-bond donors (Lipinski definition) is 0. The fraction of sp³-hybridized carbons (Fsp3) is 0.308. The van der Waals surface area contributed by atoms with Gasteiger partial charge in [-0.2, -0.15) is 0 Å². The number of pyridine rings is 1. The summed E-state index contributed by atoms with van der Waals surface area (Å²) in [6, 6.07) is 5.41. The topological polar surface area (TPSA) is 50.3 Å². The molecule has 0 saturated heterocycles. The van der Waals surface area contributed by atoms with Gasteiger partial charge in [-0.15, -0.1) is 22.9 Å². The second-order valence-electron chi connectivity index (χ2n) is 4.31. The Bertz CT molecular complexity index is 656. The second kappa shape index (κ2) is 6.67. The third-order valence-electron chi connectivity index (χ3n) is 2.93. The Morgan fingerprint density at radius 1 is 1.35 bits per heavy atom. The van der Waals surface area contributed by atoms with Gasteiger partial charge in [-0.3, -0.25) is 4.98 Å². The lowest BCUT2D eigenvalue weighted by molar-refractivity contribution is 0.473. The van der Waals surface area contributed by atoms with E-state index in [4.69, 9.17) is 11.6 Å². The predicted octanol–water partition coefficient (Wildman–Crippen LogP) is 2.75. The van der Waals surface area contributed by atoms with Crippen LogP contribution < -0.4 is 0 Å². The van der Waals surface area contributed by atoms with Gasteiger partial charge in [-0.1, -0.05) is 0 Å². The van der Waals surface area contributed by atoms with E-state index in [-0.39, 0.29) is 0 Å². The summed E-state index contributed by atoms with van der Waals surface area (Å²) in [5.41, 5.74) is 1.06. The molecule has 0 aliphatic carbocycles. The first-order valence-corrected chi connectivity index (χ1v) is 8.88. The summed E-state index contributed by atoms with van der Waals surface area (Å²) in [6.45, 7) is 0.429. The number of rotatable bonds is 6. The molecular formula is C13H15ClN2O2S2. The van der Waals surface area contributed by atoms with Crippen molar-refractivity contribution in [2.24, 2.45) is 0 Å². The molecule has 108 valence electrons. The first kappa shape index (κ1) is 15.4. The standard InChI is InChI=1S/C13H15ClN2O2S2/c1-16(7-4-11-2-5-15-6-3-11)20(17,18)13-8-12(9-14)19-10-13/h2-3,5-6,8,10H,4,7,9H2,1H3. The van der Waals surface area contributed by atoms with Gasteiger partial charge in [0.25, 0.3) is 0 Å². The van der Waals surface area contributed by atoms with E-state index >= 15 is 0 Å². The lowest BCUT2D eigenvalue weighted by Gasteiger charge is -2.16. The van der Waals surface area contributed by atoms with Crippen LogP contribution in [-0.2, 0) is 22.3 Å². The zero-order chi connectivity index (χ0) is 14.6. The van der Waals surface area contributed by atoms with E-state index < -0.39 is 10.0 Å². The SMILES string of the molecule is CN(CCc1ccncc1)S(=O)(=O)c1csc(CCl)c1. The summed E-state index contributed by atoms with van der Waals surface area (Å²) in [6.07, 6.45) is 4.07. The molecule has 0 amide bonds. The molecule has 0 bridgehead atoms. The molecule has 0 aliphatic rings. The molecule has 2 heterocycles. The minimum absolute atomic E-state index is 0.315. The molecule has 0 atom stereocenters. The molecule has 4 nitrogen and oxygen atoms in total. The average molecular weight is 331 g/mol. The number of alkyl halides is 1. The van der Waals surface area contributed by atoms with Gasteiger partial charge >= 0.3 is 0 Å². The molecule has 2 aromatic heterocycles. The van der Waals surface area contributed by atoms with E-state index in [1.165, 1.54) is 15.6 Å². The van der Waals surface area contributed by atoms with Crippen molar-refractivity contribution in [3.05, 3.63) is 46.4 Å². The van der Waals surface area contributed by atoms with Crippen LogP contribution in [0, 0.1) is 0 Å². The fourth-order valence-corrected chi connectivity index (χ4v) is 4.25. The molecule has 0 aliphatic heterocycles. The van der Waals surface area contributed by atoms with Gasteiger partial charge in [0.1, 0.15) is 0 Å². The van der Waals surface area contributed by atoms with Crippen molar-refractivity contribution in [1.29, 1.82) is 0 Å². The van der Waals surface area contributed by atoms with Gasteiger partial charge in [0.05, 0.1) is 10.8 Å². The van der Waals surface area contributed by atoms with Crippen molar-refractivity contribution >= 4 is 33.0 Å². The molecule has 2 rings (SSSR count).